The molecule has 2 rings (SSSR count). The average Bonchev–Trinajstić information content (AvgIpc) is 2.83. The number of benzene rings is 1. The van der Waals surface area contributed by atoms with Gasteiger partial charge in [-0.15, -0.1) is 10.2 Å². The Balaban J connectivity index is 1.94. The molecule has 7 heteroatoms. The van der Waals surface area contributed by atoms with Crippen LogP contribution in [0, 0.1) is 6.92 Å². The summed E-state index contributed by atoms with van der Waals surface area (Å²) in [6, 6.07) is 7.16. The van der Waals surface area contributed by atoms with E-state index >= 15 is 0 Å². The molecule has 0 spiro atoms. The number of carbonyl (C=O) groups excluding carboxylic acids is 2. The number of carbonyl (C=O) groups is 2. The predicted molar refractivity (Wildman–Crippen MR) is 83.1 cm³/mol. The number of nitrogens with one attached hydrogen (secondary N) is 2. The number of rotatable bonds is 4. The first-order valence-electron chi connectivity index (χ1n) is 6.20. The highest BCUT2D eigenvalue weighted by Crippen LogP contribution is 2.14. The monoisotopic (exact) mass is 302 g/mol. The van der Waals surface area contributed by atoms with Gasteiger partial charge in [-0.05, 0) is 30.7 Å². The molecule has 0 unspecified atom stereocenters. The van der Waals surface area contributed by atoms with E-state index in [1.807, 2.05) is 19.1 Å². The fourth-order valence-electron chi connectivity index (χ4n) is 1.55. The number of aromatic nitrogens is 2. The molecule has 0 saturated carbocycles. The summed E-state index contributed by atoms with van der Waals surface area (Å²) < 4.78 is 0. The van der Waals surface area contributed by atoms with Crippen molar-refractivity contribution in [3.63, 3.8) is 0 Å². The molecule has 0 fully saturated rings. The molecule has 0 radical (unpaired) electrons. The molecule has 1 aromatic carbocycles. The number of amides is 2. The van der Waals surface area contributed by atoms with Gasteiger partial charge in [-0.1, -0.05) is 23.5 Å². The lowest BCUT2D eigenvalue weighted by molar-refractivity contribution is -0.114. The molecule has 0 aliphatic rings. The summed E-state index contributed by atoms with van der Waals surface area (Å²) in [6.45, 7) is 3.27. The third-order valence-electron chi connectivity index (χ3n) is 2.41. The summed E-state index contributed by atoms with van der Waals surface area (Å²) in [7, 11) is 0. The lowest BCUT2D eigenvalue weighted by Gasteiger charge is -2.01. The van der Waals surface area contributed by atoms with Gasteiger partial charge in [0, 0.05) is 18.7 Å². The van der Waals surface area contributed by atoms with Gasteiger partial charge in [-0.3, -0.25) is 14.9 Å². The average molecular weight is 302 g/mol. The Kier molecular flexibility index (Phi) is 4.78. The first-order valence-corrected chi connectivity index (χ1v) is 7.01. The normalized spacial score (nSPS) is 10.6. The minimum absolute atomic E-state index is 0.120. The molecule has 1 heterocycles. The molecule has 2 amide bonds. The Bertz CT molecular complexity index is 677. The fourth-order valence-corrected chi connectivity index (χ4v) is 2.14. The van der Waals surface area contributed by atoms with E-state index in [2.05, 4.69) is 20.8 Å². The molecular formula is C14H14N4O2S. The van der Waals surface area contributed by atoms with E-state index in [9.17, 15) is 9.59 Å². The van der Waals surface area contributed by atoms with Crippen molar-refractivity contribution in [2.24, 2.45) is 0 Å². The standard InChI is InChI=1S/C14H14N4O2S/c1-9(19)15-12-6-3-11(4-7-12)5-8-13(20)16-14-18-17-10(2)21-14/h3-8H,1-2H3,(H,15,19)(H,16,18,20)/b8-5+. The second-order valence-corrected chi connectivity index (χ2v) is 5.43. The van der Waals surface area contributed by atoms with E-state index in [4.69, 9.17) is 0 Å². The maximum atomic E-state index is 11.7. The van der Waals surface area contributed by atoms with Gasteiger partial charge in [-0.25, -0.2) is 0 Å². The summed E-state index contributed by atoms with van der Waals surface area (Å²) in [5.41, 5.74) is 1.57. The second-order valence-electron chi connectivity index (χ2n) is 4.25. The second kappa shape index (κ2) is 6.76. The zero-order chi connectivity index (χ0) is 15.2. The van der Waals surface area contributed by atoms with Crippen molar-refractivity contribution in [1.82, 2.24) is 10.2 Å². The molecule has 2 aromatic rings. The van der Waals surface area contributed by atoms with Crippen LogP contribution in [0.4, 0.5) is 10.8 Å². The van der Waals surface area contributed by atoms with Crippen molar-refractivity contribution in [1.29, 1.82) is 0 Å². The third kappa shape index (κ3) is 4.81. The molecule has 1 aromatic heterocycles. The highest BCUT2D eigenvalue weighted by molar-refractivity contribution is 7.15. The van der Waals surface area contributed by atoms with Crippen LogP contribution in [0.15, 0.2) is 30.3 Å². The lowest BCUT2D eigenvalue weighted by Crippen LogP contribution is -2.07. The van der Waals surface area contributed by atoms with Crippen LogP contribution in [0.2, 0.25) is 0 Å². The zero-order valence-electron chi connectivity index (χ0n) is 11.6. The number of hydrogen-bond donors (Lipinski definition) is 2. The van der Waals surface area contributed by atoms with E-state index in [1.54, 1.807) is 18.2 Å². The van der Waals surface area contributed by atoms with Gasteiger partial charge in [0.1, 0.15) is 5.01 Å². The van der Waals surface area contributed by atoms with Crippen LogP contribution in [-0.2, 0) is 9.59 Å². The van der Waals surface area contributed by atoms with Gasteiger partial charge < -0.3 is 5.32 Å². The highest BCUT2D eigenvalue weighted by atomic mass is 32.1. The summed E-state index contributed by atoms with van der Waals surface area (Å²) in [5, 5.41) is 14.2. The summed E-state index contributed by atoms with van der Waals surface area (Å²) in [5.74, 6) is -0.387. The number of hydrogen-bond acceptors (Lipinski definition) is 5. The van der Waals surface area contributed by atoms with Crippen molar-refractivity contribution >= 4 is 40.0 Å². The van der Waals surface area contributed by atoms with Gasteiger partial charge in [0.05, 0.1) is 0 Å². The summed E-state index contributed by atoms with van der Waals surface area (Å²) >= 11 is 1.32. The number of anilines is 2. The van der Waals surface area contributed by atoms with Gasteiger partial charge in [0.2, 0.25) is 16.9 Å². The van der Waals surface area contributed by atoms with E-state index in [0.29, 0.717) is 10.8 Å². The van der Waals surface area contributed by atoms with Gasteiger partial charge in [0.25, 0.3) is 0 Å². The Morgan fingerprint density at radius 3 is 2.43 bits per heavy atom. The highest BCUT2D eigenvalue weighted by Gasteiger charge is 2.02. The van der Waals surface area contributed by atoms with Gasteiger partial charge in [-0.2, -0.15) is 0 Å². The molecule has 0 aliphatic heterocycles. The predicted octanol–water partition coefficient (Wildman–Crippen LogP) is 2.46. The summed E-state index contributed by atoms with van der Waals surface area (Å²) in [6.07, 6.45) is 3.10. The van der Waals surface area contributed by atoms with Crippen molar-refractivity contribution in [3.05, 3.63) is 40.9 Å². The lowest BCUT2D eigenvalue weighted by atomic mass is 10.2. The third-order valence-corrected chi connectivity index (χ3v) is 3.17. The molecule has 2 N–H and O–H groups in total. The SMILES string of the molecule is CC(=O)Nc1ccc(/C=C/C(=O)Nc2nnc(C)s2)cc1. The maximum absolute atomic E-state index is 11.7. The Morgan fingerprint density at radius 2 is 1.86 bits per heavy atom. The minimum Gasteiger partial charge on any atom is -0.326 e. The Hall–Kier alpha value is -2.54. The minimum atomic E-state index is -0.267. The van der Waals surface area contributed by atoms with Crippen molar-refractivity contribution in [2.75, 3.05) is 10.6 Å². The van der Waals surface area contributed by atoms with Gasteiger partial charge in [0.15, 0.2) is 0 Å². The van der Waals surface area contributed by atoms with Crippen LogP contribution >= 0.6 is 11.3 Å². The topological polar surface area (TPSA) is 84.0 Å². The quantitative estimate of drug-likeness (QED) is 0.850. The molecule has 0 saturated heterocycles. The first-order chi connectivity index (χ1) is 10.0. The van der Waals surface area contributed by atoms with Crippen LogP contribution < -0.4 is 10.6 Å². The smallest absolute Gasteiger partial charge is 0.250 e. The molecule has 108 valence electrons. The van der Waals surface area contributed by atoms with Crippen LogP contribution in [-0.4, -0.2) is 22.0 Å². The molecule has 0 bridgehead atoms. The largest absolute Gasteiger partial charge is 0.326 e. The summed E-state index contributed by atoms with van der Waals surface area (Å²) in [4.78, 5) is 22.6. The van der Waals surface area contributed by atoms with E-state index in [-0.39, 0.29) is 11.8 Å². The fraction of sp³-hybridized carbons (Fsp3) is 0.143. The van der Waals surface area contributed by atoms with E-state index in [0.717, 1.165) is 10.6 Å². The molecule has 0 aliphatic carbocycles. The zero-order valence-corrected chi connectivity index (χ0v) is 12.4. The number of nitrogens with zero attached hydrogens (tertiary/aromatic N) is 2. The van der Waals surface area contributed by atoms with Crippen LogP contribution in [0.3, 0.4) is 0 Å². The molecule has 6 nitrogen and oxygen atoms in total. The number of aryl methyl sites for hydroxylation is 1. The maximum Gasteiger partial charge on any atom is 0.250 e. The van der Waals surface area contributed by atoms with Crippen molar-refractivity contribution in [2.45, 2.75) is 13.8 Å². The van der Waals surface area contributed by atoms with E-state index in [1.165, 1.54) is 24.3 Å². The van der Waals surface area contributed by atoms with Crippen LogP contribution in [0.5, 0.6) is 0 Å². The Morgan fingerprint density at radius 1 is 1.14 bits per heavy atom. The van der Waals surface area contributed by atoms with Crippen LogP contribution in [0.25, 0.3) is 6.08 Å². The molecular weight excluding hydrogens is 288 g/mol. The van der Waals surface area contributed by atoms with Gasteiger partial charge >= 0.3 is 0 Å². The Labute approximate surface area is 125 Å². The molecule has 21 heavy (non-hydrogen) atoms. The van der Waals surface area contributed by atoms with Crippen molar-refractivity contribution in [3.8, 4) is 0 Å². The van der Waals surface area contributed by atoms with Crippen molar-refractivity contribution < 1.29 is 9.59 Å². The van der Waals surface area contributed by atoms with E-state index < -0.39 is 0 Å². The van der Waals surface area contributed by atoms with Crippen LogP contribution in [0.1, 0.15) is 17.5 Å². The first kappa shape index (κ1) is 14.9. The molecule has 0 atom stereocenters.